The molecule has 1 aromatic carbocycles. The van der Waals surface area contributed by atoms with Gasteiger partial charge < -0.3 is 10.4 Å². The van der Waals surface area contributed by atoms with Crippen LogP contribution >= 0.6 is 23.1 Å². The highest BCUT2D eigenvalue weighted by Gasteiger charge is 2.38. The lowest BCUT2D eigenvalue weighted by Gasteiger charge is -2.34. The van der Waals surface area contributed by atoms with Gasteiger partial charge in [0.1, 0.15) is 0 Å². The number of aromatic carboxylic acids is 1. The third-order valence-electron chi connectivity index (χ3n) is 4.19. The molecular weight excluding hydrogens is 356 g/mol. The van der Waals surface area contributed by atoms with Gasteiger partial charge in [-0.05, 0) is 40.1 Å². The molecule has 1 aliphatic heterocycles. The van der Waals surface area contributed by atoms with Gasteiger partial charge in [0.2, 0.25) is 5.91 Å². The highest BCUT2D eigenvalue weighted by atomic mass is 32.2. The number of rotatable bonds is 5. The Morgan fingerprint density at radius 3 is 2.96 bits per heavy atom. The van der Waals surface area contributed by atoms with E-state index in [0.29, 0.717) is 12.2 Å². The molecule has 2 aromatic rings. The van der Waals surface area contributed by atoms with E-state index in [1.54, 1.807) is 29.5 Å². The van der Waals surface area contributed by atoms with Crippen molar-refractivity contribution in [2.75, 3.05) is 0 Å². The number of carbonyl (C=O) groups is 2. The van der Waals surface area contributed by atoms with E-state index < -0.39 is 5.97 Å². The molecule has 1 saturated heterocycles. The molecule has 2 N–H and O–H groups in total. The molecule has 0 aliphatic carbocycles. The molecule has 3 atom stereocenters. The number of benzene rings is 1. The van der Waals surface area contributed by atoms with Gasteiger partial charge in [0, 0.05) is 18.1 Å². The molecule has 5 nitrogen and oxygen atoms in total. The molecule has 0 saturated carbocycles. The molecule has 3 unspecified atom stereocenters. The Balaban J connectivity index is 1.74. The zero-order valence-corrected chi connectivity index (χ0v) is 14.8. The lowest BCUT2D eigenvalue weighted by Crippen LogP contribution is -2.46. The van der Waals surface area contributed by atoms with Crippen molar-refractivity contribution in [3.05, 3.63) is 57.8 Å². The summed E-state index contributed by atoms with van der Waals surface area (Å²) in [6, 6.07) is 11.0. The minimum Gasteiger partial charge on any atom is -0.478 e. The van der Waals surface area contributed by atoms with Gasteiger partial charge in [-0.25, -0.2) is 4.79 Å². The average Bonchev–Trinajstić information content (AvgIpc) is 3.14. The number of nitrogens with zero attached hydrogens (tertiary/aromatic N) is 1. The van der Waals surface area contributed by atoms with E-state index in [1.807, 2.05) is 22.9 Å². The van der Waals surface area contributed by atoms with Gasteiger partial charge in [0.15, 0.2) is 0 Å². The van der Waals surface area contributed by atoms with Crippen LogP contribution in [0.2, 0.25) is 0 Å². The van der Waals surface area contributed by atoms with E-state index in [-0.39, 0.29) is 28.7 Å². The first kappa shape index (κ1) is 17.5. The van der Waals surface area contributed by atoms with Gasteiger partial charge >= 0.3 is 5.97 Å². The van der Waals surface area contributed by atoms with Crippen LogP contribution in [0.4, 0.5) is 0 Å². The number of piperidine rings is 1. The predicted molar refractivity (Wildman–Crippen MR) is 97.4 cm³/mol. The third kappa shape index (κ3) is 4.03. The van der Waals surface area contributed by atoms with Gasteiger partial charge in [0.05, 0.1) is 22.9 Å². The second kappa shape index (κ2) is 7.72. The summed E-state index contributed by atoms with van der Waals surface area (Å²) in [6.07, 6.45) is 0.320. The summed E-state index contributed by atoms with van der Waals surface area (Å²) in [6.45, 7) is 0. The molecule has 1 fully saturated rings. The summed E-state index contributed by atoms with van der Waals surface area (Å²) < 4.78 is 0. The topological polar surface area (TPSA) is 90.2 Å². The maximum atomic E-state index is 12.1. The quantitative estimate of drug-likeness (QED) is 0.839. The average molecular weight is 372 g/mol. The first-order chi connectivity index (χ1) is 12.1. The number of amides is 1. The standard InChI is InChI=1S/C18H16N2O3S2/c19-8-15-14(13-4-5-24-10-13)7-16(21)20-17(15)25-9-11-2-1-3-12(6-11)18(22)23/h1-6,10,14-15,17H,7,9H2,(H,20,21)(H,22,23). The minimum absolute atomic E-state index is 0.0560. The molecule has 7 heteroatoms. The summed E-state index contributed by atoms with van der Waals surface area (Å²) in [5.41, 5.74) is 2.12. The number of nitriles is 1. The van der Waals surface area contributed by atoms with Crippen LogP contribution in [0.5, 0.6) is 0 Å². The number of carbonyl (C=O) groups excluding carboxylic acids is 1. The third-order valence-corrected chi connectivity index (χ3v) is 6.16. The molecule has 25 heavy (non-hydrogen) atoms. The lowest BCUT2D eigenvalue weighted by atomic mass is 9.83. The number of thioether (sulfide) groups is 1. The fraction of sp³-hybridized carbons (Fsp3) is 0.278. The van der Waals surface area contributed by atoms with E-state index in [9.17, 15) is 14.9 Å². The second-order valence-corrected chi connectivity index (χ2v) is 7.74. The molecular formula is C18H16N2O3S2. The van der Waals surface area contributed by atoms with Crippen molar-refractivity contribution in [2.24, 2.45) is 5.92 Å². The Bertz CT molecular complexity index is 814. The van der Waals surface area contributed by atoms with Gasteiger partial charge in [-0.3, -0.25) is 4.79 Å². The predicted octanol–water partition coefficient (Wildman–Crippen LogP) is 3.45. The summed E-state index contributed by atoms with van der Waals surface area (Å²) in [7, 11) is 0. The van der Waals surface area contributed by atoms with Crippen LogP contribution in [-0.2, 0) is 10.5 Å². The van der Waals surface area contributed by atoms with Crippen molar-refractivity contribution < 1.29 is 14.7 Å². The van der Waals surface area contributed by atoms with Crippen LogP contribution in [0.25, 0.3) is 0 Å². The van der Waals surface area contributed by atoms with E-state index in [4.69, 9.17) is 5.11 Å². The van der Waals surface area contributed by atoms with Gasteiger partial charge in [0.25, 0.3) is 0 Å². The maximum Gasteiger partial charge on any atom is 0.335 e. The van der Waals surface area contributed by atoms with Gasteiger partial charge in [-0.2, -0.15) is 16.6 Å². The fourth-order valence-electron chi connectivity index (χ4n) is 2.94. The molecule has 0 bridgehead atoms. The van der Waals surface area contributed by atoms with Gasteiger partial charge in [-0.1, -0.05) is 12.1 Å². The van der Waals surface area contributed by atoms with Crippen molar-refractivity contribution >= 4 is 35.0 Å². The number of carboxylic acid groups (broad SMARTS) is 1. The maximum absolute atomic E-state index is 12.1. The van der Waals surface area contributed by atoms with E-state index >= 15 is 0 Å². The van der Waals surface area contributed by atoms with Crippen molar-refractivity contribution in [2.45, 2.75) is 23.5 Å². The molecule has 0 spiro atoms. The molecule has 128 valence electrons. The van der Waals surface area contributed by atoms with Crippen molar-refractivity contribution in [1.82, 2.24) is 5.32 Å². The molecule has 1 aliphatic rings. The Kier molecular flexibility index (Phi) is 5.41. The largest absolute Gasteiger partial charge is 0.478 e. The summed E-state index contributed by atoms with van der Waals surface area (Å²) in [5.74, 6) is -0.918. The van der Waals surface area contributed by atoms with E-state index in [2.05, 4.69) is 11.4 Å². The number of nitrogens with one attached hydrogen (secondary N) is 1. The summed E-state index contributed by atoms with van der Waals surface area (Å²) >= 11 is 3.02. The van der Waals surface area contributed by atoms with E-state index in [0.717, 1.165) is 11.1 Å². The zero-order chi connectivity index (χ0) is 17.8. The number of hydrogen-bond acceptors (Lipinski definition) is 5. The van der Waals surface area contributed by atoms with Gasteiger partial charge in [-0.15, -0.1) is 11.8 Å². The monoisotopic (exact) mass is 372 g/mol. The highest BCUT2D eigenvalue weighted by Crippen LogP contribution is 2.38. The lowest BCUT2D eigenvalue weighted by molar-refractivity contribution is -0.123. The van der Waals surface area contributed by atoms with Crippen LogP contribution in [0.3, 0.4) is 0 Å². The molecule has 3 rings (SSSR count). The van der Waals surface area contributed by atoms with Crippen LogP contribution in [-0.4, -0.2) is 22.4 Å². The first-order valence-corrected chi connectivity index (χ1v) is 9.72. The minimum atomic E-state index is -0.967. The second-order valence-electron chi connectivity index (χ2n) is 5.83. The Morgan fingerprint density at radius 2 is 2.28 bits per heavy atom. The highest BCUT2D eigenvalue weighted by molar-refractivity contribution is 7.99. The molecule has 2 heterocycles. The Labute approximate surface area is 153 Å². The van der Waals surface area contributed by atoms with E-state index in [1.165, 1.54) is 11.8 Å². The molecule has 1 aromatic heterocycles. The first-order valence-electron chi connectivity index (χ1n) is 7.73. The van der Waals surface area contributed by atoms with Crippen molar-refractivity contribution in [1.29, 1.82) is 5.26 Å². The van der Waals surface area contributed by atoms with Crippen LogP contribution in [0, 0.1) is 17.2 Å². The number of carboxylic acids is 1. The molecule has 0 radical (unpaired) electrons. The zero-order valence-electron chi connectivity index (χ0n) is 13.2. The smallest absolute Gasteiger partial charge is 0.335 e. The molecule has 1 amide bonds. The number of thiophene rings is 1. The number of hydrogen-bond donors (Lipinski definition) is 2. The normalized spacial score (nSPS) is 22.8. The van der Waals surface area contributed by atoms with Crippen LogP contribution in [0.15, 0.2) is 41.1 Å². The fourth-order valence-corrected chi connectivity index (χ4v) is 4.89. The van der Waals surface area contributed by atoms with Crippen molar-refractivity contribution in [3.8, 4) is 6.07 Å². The van der Waals surface area contributed by atoms with Crippen molar-refractivity contribution in [3.63, 3.8) is 0 Å². The summed E-state index contributed by atoms with van der Waals surface area (Å²) in [4.78, 5) is 23.2. The SMILES string of the molecule is N#CC1C(SCc2cccc(C(=O)O)c2)NC(=O)CC1c1ccsc1. The van der Waals surface area contributed by atoms with Crippen LogP contribution < -0.4 is 5.32 Å². The Morgan fingerprint density at radius 1 is 1.44 bits per heavy atom. The summed E-state index contributed by atoms with van der Waals surface area (Å²) in [5, 5.41) is 25.3. The van der Waals surface area contributed by atoms with Crippen LogP contribution in [0.1, 0.15) is 33.8 Å². The Hall–Kier alpha value is -2.30.